The fraction of sp³-hybridized carbons (Fsp3) is 1.00. The summed E-state index contributed by atoms with van der Waals surface area (Å²) in [5.41, 5.74) is 0. The van der Waals surface area contributed by atoms with Crippen LogP contribution < -0.4 is 0 Å². The van der Waals surface area contributed by atoms with Crippen LogP contribution in [0.1, 0.15) is 0 Å². The topological polar surface area (TPSA) is 77.4 Å². The summed E-state index contributed by atoms with van der Waals surface area (Å²) in [6, 6.07) is 0. The maximum atomic E-state index is 9.03. The Morgan fingerprint density at radius 3 is 1.50 bits per heavy atom. The van der Waals surface area contributed by atoms with Crippen LogP contribution in [0.15, 0.2) is 0 Å². The highest BCUT2D eigenvalue weighted by atomic mass is 32.3. The molecule has 0 aromatic rings. The summed E-state index contributed by atoms with van der Waals surface area (Å²) < 4.78 is 36.2. The summed E-state index contributed by atoms with van der Waals surface area (Å²) in [6.45, 7) is 0. The molecule has 0 saturated carbocycles. The zero-order valence-corrected chi connectivity index (χ0v) is 7.30. The molecule has 0 bridgehead atoms. The highest BCUT2D eigenvalue weighted by Crippen LogP contribution is 1.73. The smallest absolute Gasteiger partial charge is 0.232 e. The van der Waals surface area contributed by atoms with Crippen LogP contribution in [-0.2, 0) is 10.4 Å². The first-order valence-corrected chi connectivity index (χ1v) is 3.79. The Balaban J connectivity index is 0. The second-order valence-corrected chi connectivity index (χ2v) is 3.91. The Morgan fingerprint density at radius 2 is 1.50 bits per heavy atom. The maximum Gasteiger partial charge on any atom is 0.232 e. The van der Waals surface area contributed by atoms with Gasteiger partial charge in [0, 0.05) is 0 Å². The highest BCUT2D eigenvalue weighted by Gasteiger charge is 1.88. The van der Waals surface area contributed by atoms with Gasteiger partial charge in [0.1, 0.15) is 0 Å². The minimum Gasteiger partial charge on any atom is -0.726 e. The van der Waals surface area contributed by atoms with E-state index in [9.17, 15) is 0 Å². The van der Waals surface area contributed by atoms with E-state index in [-0.39, 0.29) is 0 Å². The van der Waals surface area contributed by atoms with Crippen molar-refractivity contribution in [3.05, 3.63) is 0 Å². The summed E-state index contributed by atoms with van der Waals surface area (Å²) in [7, 11) is 3.75. The van der Waals surface area contributed by atoms with Crippen LogP contribution in [-0.4, -0.2) is 50.2 Å². The van der Waals surface area contributed by atoms with Crippen LogP contribution in [0.4, 0.5) is 0 Å². The Labute approximate surface area is 62.9 Å². The van der Waals surface area contributed by atoms with Crippen LogP contribution in [0.2, 0.25) is 0 Å². The standard InChI is InChI=1S/C4H12N.H2O4S/c2*1-5(2,3)4/h1-4H3;(H2,1,2,3,4)/q+1;/p-1/i/hD. The first kappa shape index (κ1) is 9.83. The van der Waals surface area contributed by atoms with Gasteiger partial charge in [-0.3, -0.25) is 4.56 Å². The van der Waals surface area contributed by atoms with Crippen molar-refractivity contribution >= 4 is 10.4 Å². The van der Waals surface area contributed by atoms with Gasteiger partial charge in [0.15, 0.2) is 0 Å². The molecule has 0 aromatic carbocycles. The predicted molar refractivity (Wildman–Crippen MR) is 36.3 cm³/mol. The second-order valence-electron chi connectivity index (χ2n) is 3.09. The quantitative estimate of drug-likeness (QED) is 0.323. The zero-order valence-electron chi connectivity index (χ0n) is 7.49. The first-order chi connectivity index (χ1) is 4.56. The molecule has 0 fully saturated rings. The molecule has 1 N–H and O–H groups in total. The molecule has 0 aliphatic rings. The Hall–Kier alpha value is -0.170. The molecule has 10 heavy (non-hydrogen) atoms. The van der Waals surface area contributed by atoms with E-state index in [2.05, 4.69) is 32.7 Å². The van der Waals surface area contributed by atoms with Gasteiger partial charge in [-0.25, -0.2) is 8.42 Å². The van der Waals surface area contributed by atoms with Gasteiger partial charge in [-0.15, -0.1) is 0 Å². The molecule has 64 valence electrons. The van der Waals surface area contributed by atoms with Gasteiger partial charge in [-0.1, -0.05) is 0 Å². The third-order valence-electron chi connectivity index (χ3n) is 0. The van der Waals surface area contributed by atoms with E-state index < -0.39 is 10.4 Å². The SMILES string of the molecule is C[N+](C)(C)C.[2H]OS(=O)(=O)[O-]. The number of nitrogens with zero attached hydrogens (tertiary/aromatic N) is 1. The van der Waals surface area contributed by atoms with Crippen molar-refractivity contribution in [1.29, 1.82) is 1.43 Å². The van der Waals surface area contributed by atoms with Gasteiger partial charge in [0.25, 0.3) is 0 Å². The van der Waals surface area contributed by atoms with Gasteiger partial charge in [0.2, 0.25) is 11.8 Å². The fourth-order valence-corrected chi connectivity index (χ4v) is 0. The lowest BCUT2D eigenvalue weighted by atomic mass is 10.8. The van der Waals surface area contributed by atoms with Crippen molar-refractivity contribution in [2.45, 2.75) is 0 Å². The van der Waals surface area contributed by atoms with Crippen LogP contribution >= 0.6 is 0 Å². The lowest BCUT2D eigenvalue weighted by Gasteiger charge is -2.14. The summed E-state index contributed by atoms with van der Waals surface area (Å²) in [5, 5.41) is 0. The fourth-order valence-electron chi connectivity index (χ4n) is 0. The highest BCUT2D eigenvalue weighted by molar-refractivity contribution is 7.79. The van der Waals surface area contributed by atoms with Crippen molar-refractivity contribution in [2.24, 2.45) is 0 Å². The van der Waals surface area contributed by atoms with Crippen molar-refractivity contribution < 1.29 is 22.0 Å². The molecule has 0 rings (SSSR count). The molecule has 0 heterocycles. The molecular formula is C4H13NO4S. The molecule has 0 amide bonds. The van der Waals surface area contributed by atoms with E-state index >= 15 is 0 Å². The van der Waals surface area contributed by atoms with Crippen LogP contribution in [0.3, 0.4) is 0 Å². The minimum atomic E-state index is -4.75. The van der Waals surface area contributed by atoms with E-state index in [1.807, 2.05) is 0 Å². The molecular weight excluding hydrogens is 158 g/mol. The average Bonchev–Trinajstić information content (AvgIpc) is 1.59. The van der Waals surface area contributed by atoms with Gasteiger partial charge in [-0.05, 0) is 0 Å². The van der Waals surface area contributed by atoms with E-state index in [4.69, 9.17) is 14.4 Å². The lowest BCUT2D eigenvalue weighted by Crippen LogP contribution is -2.27. The lowest BCUT2D eigenvalue weighted by molar-refractivity contribution is -0.849. The molecule has 0 aliphatic carbocycles. The third kappa shape index (κ3) is 12600. The van der Waals surface area contributed by atoms with Crippen molar-refractivity contribution in [2.75, 3.05) is 28.2 Å². The van der Waals surface area contributed by atoms with Gasteiger partial charge < -0.3 is 9.04 Å². The monoisotopic (exact) mass is 172 g/mol. The molecule has 0 spiro atoms. The Bertz CT molecular complexity index is 177. The first-order valence-electron chi connectivity index (χ1n) is 2.86. The summed E-state index contributed by atoms with van der Waals surface area (Å²) in [5.74, 6) is 0. The van der Waals surface area contributed by atoms with E-state index in [1.54, 1.807) is 0 Å². The molecule has 0 atom stereocenters. The molecule has 0 unspecified atom stereocenters. The van der Waals surface area contributed by atoms with Gasteiger partial charge >= 0.3 is 0 Å². The number of hydrogen-bond acceptors (Lipinski definition) is 4. The largest absolute Gasteiger partial charge is 0.726 e. The Kier molecular flexibility index (Phi) is 3.80. The van der Waals surface area contributed by atoms with E-state index in [1.165, 1.54) is 0 Å². The van der Waals surface area contributed by atoms with Gasteiger partial charge in [-0.2, -0.15) is 0 Å². The second kappa shape index (κ2) is 3.87. The molecule has 0 radical (unpaired) electrons. The summed E-state index contributed by atoms with van der Waals surface area (Å²) >= 11 is 0. The molecule has 0 aromatic heterocycles. The number of rotatable bonds is 1. The minimum absolute atomic E-state index is 1.00. The summed E-state index contributed by atoms with van der Waals surface area (Å²) in [4.78, 5) is 0. The number of hydrogen-bond donors (Lipinski definition) is 1. The van der Waals surface area contributed by atoms with Gasteiger partial charge in [0.05, 0.1) is 28.2 Å². The van der Waals surface area contributed by atoms with Crippen molar-refractivity contribution in [1.82, 2.24) is 0 Å². The number of quaternary nitrogens is 1. The van der Waals surface area contributed by atoms with Crippen molar-refractivity contribution in [3.8, 4) is 0 Å². The molecule has 0 aliphatic heterocycles. The normalized spacial score (nSPS) is 13.1. The molecule has 6 heteroatoms. The van der Waals surface area contributed by atoms with Crippen LogP contribution in [0.5, 0.6) is 0 Å². The average molecular weight is 172 g/mol. The van der Waals surface area contributed by atoms with E-state index in [0.717, 1.165) is 4.48 Å². The van der Waals surface area contributed by atoms with Crippen LogP contribution in [0.25, 0.3) is 1.43 Å². The third-order valence-corrected chi connectivity index (χ3v) is 0. The predicted octanol–water partition coefficient (Wildman–Crippen LogP) is -0.673. The Morgan fingerprint density at radius 1 is 1.40 bits per heavy atom. The molecule has 0 saturated heterocycles. The van der Waals surface area contributed by atoms with Crippen LogP contribution in [0, 0.1) is 0 Å². The summed E-state index contributed by atoms with van der Waals surface area (Å²) in [6.07, 6.45) is 0. The molecule has 5 nitrogen and oxygen atoms in total. The maximum absolute atomic E-state index is 9.03. The van der Waals surface area contributed by atoms with E-state index in [0.29, 0.717) is 0 Å². The van der Waals surface area contributed by atoms with Crippen molar-refractivity contribution in [3.63, 3.8) is 0 Å². The zero-order chi connectivity index (χ0) is 9.71.